The lowest BCUT2D eigenvalue weighted by molar-refractivity contribution is 0.380. The maximum absolute atomic E-state index is 12.5. The molecule has 2 rings (SSSR count). The molecule has 2 unspecified atom stereocenters. The van der Waals surface area contributed by atoms with Crippen LogP contribution in [0.4, 0.5) is 5.82 Å². The largest absolute Gasteiger partial charge is 0.351 e. The highest BCUT2D eigenvalue weighted by Crippen LogP contribution is 2.25. The second-order valence-corrected chi connectivity index (χ2v) is 7.50. The zero-order valence-corrected chi connectivity index (χ0v) is 13.6. The van der Waals surface area contributed by atoms with Gasteiger partial charge in [-0.1, -0.05) is 22.9 Å². The Morgan fingerprint density at radius 3 is 2.68 bits per heavy atom. The van der Waals surface area contributed by atoms with Crippen molar-refractivity contribution in [1.82, 2.24) is 9.55 Å². The molecule has 1 saturated heterocycles. The first-order valence-corrected chi connectivity index (χ1v) is 7.69. The molecule has 1 aliphatic rings. The third-order valence-corrected chi connectivity index (χ3v) is 4.90. The van der Waals surface area contributed by atoms with Gasteiger partial charge < -0.3 is 9.47 Å². The maximum atomic E-state index is 12.5. The average molecular weight is 328 g/mol. The van der Waals surface area contributed by atoms with Crippen molar-refractivity contribution in [2.24, 2.45) is 5.92 Å². The van der Waals surface area contributed by atoms with Crippen LogP contribution in [0.15, 0.2) is 17.2 Å². The van der Waals surface area contributed by atoms with Crippen molar-refractivity contribution in [3.05, 3.63) is 22.7 Å². The second kappa shape index (κ2) is 5.27. The molecule has 0 N–H and O–H groups in total. The predicted molar refractivity (Wildman–Crippen MR) is 82.2 cm³/mol. The van der Waals surface area contributed by atoms with Crippen LogP contribution in [0.2, 0.25) is 0 Å². The predicted octanol–water partition coefficient (Wildman–Crippen LogP) is 2.61. The average Bonchev–Trinajstić information content (AvgIpc) is 2.32. The second-order valence-electron chi connectivity index (χ2n) is 6.32. The fourth-order valence-corrected chi connectivity index (χ4v) is 2.97. The van der Waals surface area contributed by atoms with Crippen molar-refractivity contribution < 1.29 is 0 Å². The summed E-state index contributed by atoms with van der Waals surface area (Å²) in [5, 5.41) is 0. The highest BCUT2D eigenvalue weighted by Gasteiger charge is 2.27. The number of alkyl halides is 1. The first kappa shape index (κ1) is 14.6. The van der Waals surface area contributed by atoms with Gasteiger partial charge in [0.2, 0.25) is 0 Å². The number of nitrogens with zero attached hydrogens (tertiary/aromatic N) is 3. The third kappa shape index (κ3) is 3.02. The van der Waals surface area contributed by atoms with E-state index in [9.17, 15) is 4.79 Å². The van der Waals surface area contributed by atoms with E-state index >= 15 is 0 Å². The van der Waals surface area contributed by atoms with Crippen LogP contribution < -0.4 is 10.5 Å². The quantitative estimate of drug-likeness (QED) is 0.744. The van der Waals surface area contributed by atoms with Gasteiger partial charge in [0.25, 0.3) is 5.56 Å². The first-order valence-electron chi connectivity index (χ1n) is 6.78. The van der Waals surface area contributed by atoms with Crippen LogP contribution >= 0.6 is 15.9 Å². The summed E-state index contributed by atoms with van der Waals surface area (Å²) in [6.07, 6.45) is 4.58. The zero-order chi connectivity index (χ0) is 14.2. The summed E-state index contributed by atoms with van der Waals surface area (Å²) in [5.41, 5.74) is -0.213. The molecule has 5 heteroatoms. The summed E-state index contributed by atoms with van der Waals surface area (Å²) < 4.78 is 1.76. The van der Waals surface area contributed by atoms with E-state index in [0.717, 1.165) is 19.5 Å². The Balaban J connectivity index is 2.34. The van der Waals surface area contributed by atoms with Crippen LogP contribution in [-0.2, 0) is 5.54 Å². The van der Waals surface area contributed by atoms with Gasteiger partial charge in [-0.25, -0.2) is 4.98 Å². The minimum atomic E-state index is -0.217. The van der Waals surface area contributed by atoms with E-state index in [1.165, 1.54) is 0 Å². The van der Waals surface area contributed by atoms with E-state index in [4.69, 9.17) is 0 Å². The summed E-state index contributed by atoms with van der Waals surface area (Å²) in [6.45, 7) is 10.1. The highest BCUT2D eigenvalue weighted by atomic mass is 79.9. The molecule has 1 aliphatic heterocycles. The lowest BCUT2D eigenvalue weighted by Gasteiger charge is -2.35. The van der Waals surface area contributed by atoms with Gasteiger partial charge in [0.05, 0.1) is 0 Å². The van der Waals surface area contributed by atoms with E-state index in [1.807, 2.05) is 20.8 Å². The van der Waals surface area contributed by atoms with E-state index in [1.54, 1.807) is 17.0 Å². The normalized spacial score (nSPS) is 24.6. The number of hydrogen-bond acceptors (Lipinski definition) is 3. The minimum Gasteiger partial charge on any atom is -0.351 e. The zero-order valence-electron chi connectivity index (χ0n) is 12.1. The van der Waals surface area contributed by atoms with Crippen molar-refractivity contribution in [2.45, 2.75) is 44.5 Å². The SMILES string of the molecule is CC1CCN(c2nccn(C(C)(C)C)c2=O)CC1Br. The Bertz CT molecular complexity index is 506. The Hall–Kier alpha value is -0.840. The van der Waals surface area contributed by atoms with Crippen LogP contribution in [-0.4, -0.2) is 27.5 Å². The monoisotopic (exact) mass is 327 g/mol. The van der Waals surface area contributed by atoms with Crippen molar-refractivity contribution in [2.75, 3.05) is 18.0 Å². The van der Waals surface area contributed by atoms with E-state index in [-0.39, 0.29) is 11.1 Å². The van der Waals surface area contributed by atoms with E-state index < -0.39 is 0 Å². The van der Waals surface area contributed by atoms with Gasteiger partial charge in [0.1, 0.15) is 0 Å². The minimum absolute atomic E-state index is 0.00394. The van der Waals surface area contributed by atoms with Gasteiger partial charge in [-0.3, -0.25) is 4.79 Å². The molecule has 1 fully saturated rings. The third-order valence-electron chi connectivity index (χ3n) is 3.71. The molecular weight excluding hydrogens is 306 g/mol. The molecule has 106 valence electrons. The fourth-order valence-electron chi connectivity index (χ4n) is 2.36. The standard InChI is InChI=1S/C14H22BrN3O/c1-10-5-7-17(9-11(10)15)12-13(19)18(8-6-16-12)14(2,3)4/h6,8,10-11H,5,7,9H2,1-4H3. The molecule has 2 atom stereocenters. The van der Waals surface area contributed by atoms with Gasteiger partial charge in [-0.15, -0.1) is 0 Å². The fraction of sp³-hybridized carbons (Fsp3) is 0.714. The molecule has 0 spiro atoms. The Labute approximate surface area is 123 Å². The number of rotatable bonds is 1. The summed E-state index contributed by atoms with van der Waals surface area (Å²) >= 11 is 3.70. The summed E-state index contributed by atoms with van der Waals surface area (Å²) in [4.78, 5) is 19.4. The summed E-state index contributed by atoms with van der Waals surface area (Å²) in [5.74, 6) is 1.22. The van der Waals surface area contributed by atoms with E-state index in [0.29, 0.717) is 16.6 Å². The molecule has 0 saturated carbocycles. The molecule has 2 heterocycles. The smallest absolute Gasteiger partial charge is 0.293 e. The molecule has 0 aromatic carbocycles. The highest BCUT2D eigenvalue weighted by molar-refractivity contribution is 9.09. The van der Waals surface area contributed by atoms with Gasteiger partial charge in [-0.2, -0.15) is 0 Å². The van der Waals surface area contributed by atoms with Gasteiger partial charge >= 0.3 is 0 Å². The number of halogens is 1. The molecule has 0 radical (unpaired) electrons. The summed E-state index contributed by atoms with van der Waals surface area (Å²) in [7, 11) is 0. The van der Waals surface area contributed by atoms with Gasteiger partial charge in [-0.05, 0) is 33.1 Å². The Kier molecular flexibility index (Phi) is 4.04. The maximum Gasteiger partial charge on any atom is 0.293 e. The van der Waals surface area contributed by atoms with Crippen LogP contribution in [0.25, 0.3) is 0 Å². The van der Waals surface area contributed by atoms with Crippen LogP contribution in [0.5, 0.6) is 0 Å². The molecule has 0 bridgehead atoms. The van der Waals surface area contributed by atoms with Gasteiger partial charge in [0.15, 0.2) is 5.82 Å². The Morgan fingerprint density at radius 2 is 2.11 bits per heavy atom. The van der Waals surface area contributed by atoms with Crippen molar-refractivity contribution in [1.29, 1.82) is 0 Å². The topological polar surface area (TPSA) is 38.1 Å². The van der Waals surface area contributed by atoms with Crippen molar-refractivity contribution >= 4 is 21.7 Å². The number of hydrogen-bond donors (Lipinski definition) is 0. The number of piperidine rings is 1. The van der Waals surface area contributed by atoms with E-state index in [2.05, 4.69) is 32.7 Å². The molecule has 0 amide bonds. The molecule has 4 nitrogen and oxygen atoms in total. The number of aromatic nitrogens is 2. The molecular formula is C14H22BrN3O. The molecule has 1 aromatic rings. The number of anilines is 1. The van der Waals surface area contributed by atoms with Gasteiger partial charge in [0, 0.05) is 35.8 Å². The molecule has 0 aliphatic carbocycles. The van der Waals surface area contributed by atoms with Crippen LogP contribution in [0, 0.1) is 5.92 Å². The van der Waals surface area contributed by atoms with Crippen molar-refractivity contribution in [3.63, 3.8) is 0 Å². The van der Waals surface area contributed by atoms with Crippen molar-refractivity contribution in [3.8, 4) is 0 Å². The molecule has 19 heavy (non-hydrogen) atoms. The van der Waals surface area contributed by atoms with Crippen LogP contribution in [0.1, 0.15) is 34.1 Å². The van der Waals surface area contributed by atoms with Crippen LogP contribution in [0.3, 0.4) is 0 Å². The first-order chi connectivity index (χ1) is 8.80. The lowest BCUT2D eigenvalue weighted by atomic mass is 9.99. The molecule has 1 aromatic heterocycles. The summed E-state index contributed by atoms with van der Waals surface area (Å²) in [6, 6.07) is 0. The Morgan fingerprint density at radius 1 is 1.42 bits per heavy atom. The lowest BCUT2D eigenvalue weighted by Crippen LogP contribution is -2.45.